The van der Waals surface area contributed by atoms with Gasteiger partial charge in [-0.2, -0.15) is 0 Å². The lowest BCUT2D eigenvalue weighted by atomic mass is 10.0. The predicted molar refractivity (Wildman–Crippen MR) is 82.4 cm³/mol. The molecule has 0 aliphatic heterocycles. The molecule has 0 amide bonds. The molecule has 2 nitrogen and oxygen atoms in total. The molecule has 1 N–H and O–H groups in total. The van der Waals surface area contributed by atoms with E-state index in [2.05, 4.69) is 13.8 Å². The number of hydrogen-bond acceptors (Lipinski definition) is 2. The van der Waals surface area contributed by atoms with Crippen LogP contribution in [0, 0.1) is 12.7 Å². The van der Waals surface area contributed by atoms with Gasteiger partial charge < -0.3 is 9.84 Å². The number of rotatable bonds is 4. The van der Waals surface area contributed by atoms with Crippen LogP contribution in [0.2, 0.25) is 0 Å². The highest BCUT2D eigenvalue weighted by molar-refractivity contribution is 5.45. The molecule has 0 fully saturated rings. The molecule has 2 rings (SSSR count). The topological polar surface area (TPSA) is 29.5 Å². The molecule has 0 aliphatic rings. The molecule has 1 atom stereocenters. The van der Waals surface area contributed by atoms with Crippen LogP contribution in [-0.4, -0.2) is 5.11 Å². The summed E-state index contributed by atoms with van der Waals surface area (Å²) in [4.78, 5) is 0. The molecule has 0 aliphatic carbocycles. The van der Waals surface area contributed by atoms with Crippen molar-refractivity contribution in [1.82, 2.24) is 0 Å². The molecule has 112 valence electrons. The van der Waals surface area contributed by atoms with Gasteiger partial charge in [-0.05, 0) is 43.0 Å². The standard InChI is InChI=1S/C18H21FO2/c1-11(2)14-9-8-12(3)10-17(14)21-18-15(13(4)20)6-5-7-16(18)19/h5-11,13,20H,1-4H3/t13-/m1/s1. The molecule has 0 spiro atoms. The van der Waals surface area contributed by atoms with E-state index in [0.29, 0.717) is 11.3 Å². The monoisotopic (exact) mass is 288 g/mol. The Hall–Kier alpha value is -1.87. The Kier molecular flexibility index (Phi) is 4.63. The third-order valence-electron chi connectivity index (χ3n) is 3.45. The van der Waals surface area contributed by atoms with Crippen LogP contribution in [0.25, 0.3) is 0 Å². The first-order valence-electron chi connectivity index (χ1n) is 7.15. The smallest absolute Gasteiger partial charge is 0.168 e. The molecule has 3 heteroatoms. The molecule has 0 radical (unpaired) electrons. The van der Waals surface area contributed by atoms with Crippen molar-refractivity contribution < 1.29 is 14.2 Å². The van der Waals surface area contributed by atoms with E-state index in [4.69, 9.17) is 4.74 Å². The van der Waals surface area contributed by atoms with E-state index in [1.807, 2.05) is 25.1 Å². The van der Waals surface area contributed by atoms with Crippen LogP contribution >= 0.6 is 0 Å². The quantitative estimate of drug-likeness (QED) is 0.847. The fraction of sp³-hybridized carbons (Fsp3) is 0.333. The maximum atomic E-state index is 14.1. The van der Waals surface area contributed by atoms with Crippen molar-refractivity contribution in [3.05, 3.63) is 58.9 Å². The number of halogens is 1. The summed E-state index contributed by atoms with van der Waals surface area (Å²) >= 11 is 0. The van der Waals surface area contributed by atoms with Crippen molar-refractivity contribution in [2.45, 2.75) is 39.7 Å². The van der Waals surface area contributed by atoms with Crippen LogP contribution in [0.15, 0.2) is 36.4 Å². The second-order valence-corrected chi connectivity index (χ2v) is 5.63. The van der Waals surface area contributed by atoms with Gasteiger partial charge in [-0.15, -0.1) is 0 Å². The lowest BCUT2D eigenvalue weighted by molar-refractivity contribution is 0.194. The third-order valence-corrected chi connectivity index (χ3v) is 3.45. The summed E-state index contributed by atoms with van der Waals surface area (Å²) in [6.45, 7) is 7.69. The average molecular weight is 288 g/mol. The highest BCUT2D eigenvalue weighted by Crippen LogP contribution is 2.36. The summed E-state index contributed by atoms with van der Waals surface area (Å²) in [5, 5.41) is 9.79. The van der Waals surface area contributed by atoms with E-state index < -0.39 is 11.9 Å². The third kappa shape index (κ3) is 3.42. The maximum absolute atomic E-state index is 14.1. The van der Waals surface area contributed by atoms with Crippen molar-refractivity contribution in [2.24, 2.45) is 0 Å². The van der Waals surface area contributed by atoms with Crippen molar-refractivity contribution in [3.63, 3.8) is 0 Å². The Bertz CT molecular complexity index is 633. The number of aliphatic hydroxyl groups excluding tert-OH is 1. The van der Waals surface area contributed by atoms with Gasteiger partial charge in [0.2, 0.25) is 0 Å². The first-order valence-corrected chi connectivity index (χ1v) is 7.15. The fourth-order valence-corrected chi connectivity index (χ4v) is 2.28. The van der Waals surface area contributed by atoms with Crippen molar-refractivity contribution >= 4 is 0 Å². The lowest BCUT2D eigenvalue weighted by Gasteiger charge is -2.18. The summed E-state index contributed by atoms with van der Waals surface area (Å²) in [7, 11) is 0. The molecule has 21 heavy (non-hydrogen) atoms. The van der Waals surface area contributed by atoms with Gasteiger partial charge in [-0.1, -0.05) is 38.1 Å². The van der Waals surface area contributed by atoms with Gasteiger partial charge in [0, 0.05) is 5.56 Å². The summed E-state index contributed by atoms with van der Waals surface area (Å²) < 4.78 is 19.9. The molecule has 2 aromatic rings. The van der Waals surface area contributed by atoms with Gasteiger partial charge in [0.15, 0.2) is 11.6 Å². The Morgan fingerprint density at radius 1 is 1.05 bits per heavy atom. The van der Waals surface area contributed by atoms with Crippen LogP contribution in [0.1, 0.15) is 49.5 Å². The molecule has 0 aromatic heterocycles. The minimum absolute atomic E-state index is 0.0972. The van der Waals surface area contributed by atoms with E-state index >= 15 is 0 Å². The SMILES string of the molecule is Cc1ccc(C(C)C)c(Oc2c(F)cccc2[C@@H](C)O)c1. The number of aliphatic hydroxyl groups is 1. The average Bonchev–Trinajstić information content (AvgIpc) is 2.40. The Balaban J connectivity index is 2.50. The second-order valence-electron chi connectivity index (χ2n) is 5.63. The Morgan fingerprint density at radius 3 is 2.38 bits per heavy atom. The largest absolute Gasteiger partial charge is 0.454 e. The highest BCUT2D eigenvalue weighted by Gasteiger charge is 2.17. The fourth-order valence-electron chi connectivity index (χ4n) is 2.28. The maximum Gasteiger partial charge on any atom is 0.168 e. The van der Waals surface area contributed by atoms with Gasteiger partial charge >= 0.3 is 0 Å². The lowest BCUT2D eigenvalue weighted by Crippen LogP contribution is -2.01. The zero-order valence-corrected chi connectivity index (χ0v) is 12.9. The minimum atomic E-state index is -0.789. The Labute approximate surface area is 125 Å². The van der Waals surface area contributed by atoms with Gasteiger partial charge in [-0.25, -0.2) is 4.39 Å². The molecule has 0 saturated heterocycles. The first kappa shape index (κ1) is 15.5. The van der Waals surface area contributed by atoms with E-state index in [-0.39, 0.29) is 11.7 Å². The van der Waals surface area contributed by atoms with Crippen LogP contribution in [0.3, 0.4) is 0 Å². The second kappa shape index (κ2) is 6.27. The summed E-state index contributed by atoms with van der Waals surface area (Å²) in [6, 6.07) is 10.5. The van der Waals surface area contributed by atoms with Gasteiger partial charge in [-0.3, -0.25) is 0 Å². The first-order chi connectivity index (χ1) is 9.90. The predicted octanol–water partition coefficient (Wildman–Crippen LogP) is 5.10. The Morgan fingerprint density at radius 2 is 1.76 bits per heavy atom. The van der Waals surface area contributed by atoms with Gasteiger partial charge in [0.25, 0.3) is 0 Å². The molecule has 0 unspecified atom stereocenters. The number of hydrogen-bond donors (Lipinski definition) is 1. The summed E-state index contributed by atoms with van der Waals surface area (Å²) in [5.41, 5.74) is 2.51. The molecular formula is C18H21FO2. The van der Waals surface area contributed by atoms with E-state index in [0.717, 1.165) is 11.1 Å². The van der Waals surface area contributed by atoms with Gasteiger partial charge in [0.1, 0.15) is 5.75 Å². The van der Waals surface area contributed by atoms with E-state index in [1.54, 1.807) is 19.1 Å². The minimum Gasteiger partial charge on any atom is -0.454 e. The van der Waals surface area contributed by atoms with Crippen molar-refractivity contribution in [3.8, 4) is 11.5 Å². The molecular weight excluding hydrogens is 267 g/mol. The number of ether oxygens (including phenoxy) is 1. The summed E-state index contributed by atoms with van der Waals surface area (Å²) in [6.07, 6.45) is -0.789. The zero-order valence-electron chi connectivity index (χ0n) is 12.9. The van der Waals surface area contributed by atoms with Crippen molar-refractivity contribution in [1.29, 1.82) is 0 Å². The molecule has 0 bridgehead atoms. The van der Waals surface area contributed by atoms with Crippen LogP contribution < -0.4 is 4.74 Å². The van der Waals surface area contributed by atoms with E-state index in [9.17, 15) is 9.50 Å². The van der Waals surface area contributed by atoms with Gasteiger partial charge in [0.05, 0.1) is 6.10 Å². The molecule has 0 saturated carbocycles. The number of aryl methyl sites for hydroxylation is 1. The van der Waals surface area contributed by atoms with E-state index in [1.165, 1.54) is 6.07 Å². The van der Waals surface area contributed by atoms with Crippen LogP contribution in [0.4, 0.5) is 4.39 Å². The van der Waals surface area contributed by atoms with Crippen LogP contribution in [-0.2, 0) is 0 Å². The molecule has 2 aromatic carbocycles. The summed E-state index contributed by atoms with van der Waals surface area (Å²) in [5.74, 6) is 0.531. The highest BCUT2D eigenvalue weighted by atomic mass is 19.1. The number of para-hydroxylation sites is 1. The number of benzene rings is 2. The zero-order chi connectivity index (χ0) is 15.6. The van der Waals surface area contributed by atoms with Crippen molar-refractivity contribution in [2.75, 3.05) is 0 Å². The van der Waals surface area contributed by atoms with Crippen LogP contribution in [0.5, 0.6) is 11.5 Å². The normalized spacial score (nSPS) is 12.5. The molecule has 0 heterocycles.